The fourth-order valence-corrected chi connectivity index (χ4v) is 5.81. The van der Waals surface area contributed by atoms with Crippen LogP contribution in [0, 0.1) is 5.92 Å². The third-order valence-corrected chi connectivity index (χ3v) is 8.66. The van der Waals surface area contributed by atoms with Gasteiger partial charge in [-0.05, 0) is 66.8 Å². The number of carbonyl (C=O) groups excluding carboxylic acids is 5. The molecule has 1 aliphatic rings. The maximum absolute atomic E-state index is 14.3. The molecule has 0 spiro atoms. The number of rotatable bonds is 7. The number of likely N-dealkylation sites (N-methyl/N-ethyl adjacent to an activating group) is 2. The van der Waals surface area contributed by atoms with Gasteiger partial charge in [0.1, 0.15) is 35.7 Å². The first-order chi connectivity index (χ1) is 23.3. The van der Waals surface area contributed by atoms with Gasteiger partial charge in [-0.1, -0.05) is 50.2 Å². The molecule has 0 saturated carbocycles. The lowest BCUT2D eigenvalue weighted by Crippen LogP contribution is -2.59. The molecule has 1 heterocycles. The van der Waals surface area contributed by atoms with Crippen molar-refractivity contribution in [2.24, 2.45) is 5.92 Å². The van der Waals surface area contributed by atoms with Crippen LogP contribution in [0.1, 0.15) is 48.7 Å². The molecule has 12 nitrogen and oxygen atoms in total. The van der Waals surface area contributed by atoms with Crippen LogP contribution in [-0.2, 0) is 32.0 Å². The summed E-state index contributed by atoms with van der Waals surface area (Å²) in [6.45, 7) is 5.37. The number of nitrogens with one attached hydrogen (secondary N) is 3. The van der Waals surface area contributed by atoms with Crippen LogP contribution < -0.4 is 20.7 Å². The lowest BCUT2D eigenvalue weighted by Gasteiger charge is -2.34. The van der Waals surface area contributed by atoms with Gasteiger partial charge in [-0.25, -0.2) is 0 Å². The van der Waals surface area contributed by atoms with Gasteiger partial charge in [-0.3, -0.25) is 24.0 Å². The molecule has 4 N–H and O–H groups in total. The average Bonchev–Trinajstić information content (AvgIpc) is 3.08. The Labute approximate surface area is 286 Å². The Morgan fingerprint density at radius 2 is 1.31 bits per heavy atom. The van der Waals surface area contributed by atoms with Crippen LogP contribution in [0.4, 0.5) is 5.69 Å². The minimum absolute atomic E-state index is 0.0147. The second-order valence-corrected chi connectivity index (χ2v) is 12.8. The van der Waals surface area contributed by atoms with Crippen LogP contribution in [0.2, 0.25) is 0 Å². The van der Waals surface area contributed by atoms with Crippen molar-refractivity contribution in [1.29, 1.82) is 0 Å². The van der Waals surface area contributed by atoms with Crippen LogP contribution in [0.25, 0.3) is 0 Å². The quantitative estimate of drug-likeness (QED) is 0.301. The van der Waals surface area contributed by atoms with Gasteiger partial charge in [-0.2, -0.15) is 0 Å². The molecule has 4 atom stereocenters. The second-order valence-electron chi connectivity index (χ2n) is 12.8. The number of fused-ring (bicyclic) bond motifs is 1. The van der Waals surface area contributed by atoms with E-state index in [9.17, 15) is 29.1 Å². The molecule has 0 aromatic heterocycles. The number of hydrogen-bond donors (Lipinski definition) is 4. The fraction of sp³-hybridized carbons (Fsp3) is 0.378. The lowest BCUT2D eigenvalue weighted by atomic mass is 9.98. The normalized spacial score (nSPS) is 21.2. The van der Waals surface area contributed by atoms with Crippen molar-refractivity contribution in [2.75, 3.05) is 26.5 Å². The summed E-state index contributed by atoms with van der Waals surface area (Å²) < 4.78 is 5.27. The Morgan fingerprint density at radius 3 is 1.90 bits per heavy atom. The first-order valence-electron chi connectivity index (χ1n) is 16.2. The SMILES string of the molecule is COc1ccc(C[C@H]2C(=O)N[C@@H](CC(C)C)C(=O)N(C)[C@@H](Cc3ccc(O)cc3)C(=O)Nc3ccccc3C(=O)N[C@@H](C)C(=O)N2C)cc1. The zero-order valence-electron chi connectivity index (χ0n) is 28.7. The molecule has 49 heavy (non-hydrogen) atoms. The highest BCUT2D eigenvalue weighted by molar-refractivity contribution is 6.07. The molecule has 3 aromatic rings. The van der Waals surface area contributed by atoms with E-state index in [-0.39, 0.29) is 42.2 Å². The Hall–Kier alpha value is -5.39. The molecular weight excluding hydrogens is 626 g/mol. The molecule has 4 rings (SSSR count). The number of benzene rings is 3. The summed E-state index contributed by atoms with van der Waals surface area (Å²) in [4.78, 5) is 72.3. The zero-order valence-corrected chi connectivity index (χ0v) is 28.7. The Bertz CT molecular complexity index is 1660. The molecule has 12 heteroatoms. The van der Waals surface area contributed by atoms with Gasteiger partial charge < -0.3 is 35.6 Å². The average molecular weight is 672 g/mol. The first-order valence-corrected chi connectivity index (χ1v) is 16.2. The van der Waals surface area contributed by atoms with E-state index in [0.29, 0.717) is 11.3 Å². The second kappa shape index (κ2) is 16.1. The van der Waals surface area contributed by atoms with E-state index in [2.05, 4.69) is 16.0 Å². The minimum Gasteiger partial charge on any atom is -0.508 e. The first kappa shape index (κ1) is 36.4. The molecular formula is C37H45N5O7. The predicted molar refractivity (Wildman–Crippen MR) is 185 cm³/mol. The molecule has 0 unspecified atom stereocenters. The molecule has 0 saturated heterocycles. The Kier molecular flexibility index (Phi) is 12.0. The van der Waals surface area contributed by atoms with Crippen molar-refractivity contribution in [3.63, 3.8) is 0 Å². The largest absolute Gasteiger partial charge is 0.508 e. The molecule has 0 bridgehead atoms. The van der Waals surface area contributed by atoms with Crippen molar-refractivity contribution in [2.45, 2.75) is 64.2 Å². The predicted octanol–water partition coefficient (Wildman–Crippen LogP) is 3.14. The van der Waals surface area contributed by atoms with E-state index in [1.165, 1.54) is 49.0 Å². The monoisotopic (exact) mass is 671 g/mol. The van der Waals surface area contributed by atoms with E-state index in [4.69, 9.17) is 4.74 Å². The van der Waals surface area contributed by atoms with E-state index >= 15 is 0 Å². The van der Waals surface area contributed by atoms with Crippen molar-refractivity contribution >= 4 is 35.2 Å². The summed E-state index contributed by atoms with van der Waals surface area (Å²) in [5.74, 6) is -2.08. The fourth-order valence-electron chi connectivity index (χ4n) is 5.81. The summed E-state index contributed by atoms with van der Waals surface area (Å²) in [6, 6.07) is 15.6. The maximum Gasteiger partial charge on any atom is 0.254 e. The summed E-state index contributed by atoms with van der Waals surface area (Å²) in [7, 11) is 4.54. The van der Waals surface area contributed by atoms with Crippen molar-refractivity contribution < 1.29 is 33.8 Å². The van der Waals surface area contributed by atoms with Gasteiger partial charge in [0.25, 0.3) is 5.91 Å². The van der Waals surface area contributed by atoms with Crippen LogP contribution in [-0.4, -0.2) is 89.8 Å². The highest BCUT2D eigenvalue weighted by atomic mass is 16.5. The number of anilines is 1. The summed E-state index contributed by atoms with van der Waals surface area (Å²) in [5.41, 5.74) is 1.74. The van der Waals surface area contributed by atoms with Crippen molar-refractivity contribution in [1.82, 2.24) is 20.4 Å². The Morgan fingerprint density at radius 1 is 0.755 bits per heavy atom. The molecule has 0 aliphatic carbocycles. The van der Waals surface area contributed by atoms with E-state index in [1.807, 2.05) is 13.8 Å². The molecule has 3 aromatic carbocycles. The summed E-state index contributed by atoms with van der Waals surface area (Å²) in [6.07, 6.45) is 0.468. The van der Waals surface area contributed by atoms with E-state index in [0.717, 1.165) is 5.56 Å². The third-order valence-electron chi connectivity index (χ3n) is 8.66. The lowest BCUT2D eigenvalue weighted by molar-refractivity contribution is -0.143. The van der Waals surface area contributed by atoms with Gasteiger partial charge in [-0.15, -0.1) is 0 Å². The molecule has 0 radical (unpaired) electrons. The number of nitrogens with zero attached hydrogens (tertiary/aromatic N) is 2. The highest BCUT2D eigenvalue weighted by Gasteiger charge is 2.37. The van der Waals surface area contributed by atoms with Crippen LogP contribution in [0.15, 0.2) is 72.8 Å². The maximum atomic E-state index is 14.3. The molecule has 0 fully saturated rings. The minimum atomic E-state index is -1.06. The summed E-state index contributed by atoms with van der Waals surface area (Å²) >= 11 is 0. The van der Waals surface area contributed by atoms with Crippen molar-refractivity contribution in [3.05, 3.63) is 89.5 Å². The van der Waals surface area contributed by atoms with E-state index in [1.54, 1.807) is 61.7 Å². The van der Waals surface area contributed by atoms with Gasteiger partial charge in [0, 0.05) is 26.9 Å². The molecule has 260 valence electrons. The smallest absolute Gasteiger partial charge is 0.254 e. The van der Waals surface area contributed by atoms with Gasteiger partial charge >= 0.3 is 0 Å². The molecule has 5 amide bonds. The summed E-state index contributed by atoms with van der Waals surface area (Å²) in [5, 5.41) is 18.3. The van der Waals surface area contributed by atoms with Crippen LogP contribution >= 0.6 is 0 Å². The van der Waals surface area contributed by atoms with Gasteiger partial charge in [0.2, 0.25) is 23.6 Å². The third kappa shape index (κ3) is 9.16. The number of phenolic OH excluding ortho intramolecular Hbond substituents is 1. The number of para-hydroxylation sites is 1. The Balaban J connectivity index is 1.80. The number of ether oxygens (including phenoxy) is 1. The van der Waals surface area contributed by atoms with E-state index < -0.39 is 53.7 Å². The number of methoxy groups -OCH3 is 1. The zero-order chi connectivity index (χ0) is 35.8. The number of amides is 5. The topological polar surface area (TPSA) is 157 Å². The van der Waals surface area contributed by atoms with Crippen LogP contribution in [0.5, 0.6) is 11.5 Å². The number of hydrogen-bond acceptors (Lipinski definition) is 7. The number of carbonyl (C=O) groups is 5. The van der Waals surface area contributed by atoms with Gasteiger partial charge in [0.15, 0.2) is 0 Å². The highest BCUT2D eigenvalue weighted by Crippen LogP contribution is 2.21. The standard InChI is InChI=1S/C37H45N5O7/c1-22(2)19-30-37(48)42(5)32(20-24-11-15-26(43)16-12-24)34(45)39-29-10-8-7-9-28(29)33(44)38-23(3)36(47)41(4)31(35(46)40-30)21-25-13-17-27(49-6)18-14-25/h7-18,22-23,30-32,43H,19-21H2,1-6H3,(H,38,44)(H,39,45)(H,40,46)/t23-,30-,31-,32-/m0/s1. The van der Waals surface area contributed by atoms with Crippen LogP contribution in [0.3, 0.4) is 0 Å². The molecule has 1 aliphatic heterocycles. The number of phenols is 1. The van der Waals surface area contributed by atoms with Gasteiger partial charge in [0.05, 0.1) is 18.4 Å². The van der Waals surface area contributed by atoms with Crippen molar-refractivity contribution in [3.8, 4) is 11.5 Å². The number of aromatic hydroxyl groups is 1.